The van der Waals surface area contributed by atoms with Gasteiger partial charge in [0.15, 0.2) is 5.41 Å². The van der Waals surface area contributed by atoms with Gasteiger partial charge in [0.05, 0.1) is 19.3 Å². The van der Waals surface area contributed by atoms with Crippen LogP contribution in [0.2, 0.25) is 0 Å². The molecule has 1 aromatic rings. The van der Waals surface area contributed by atoms with Gasteiger partial charge in [-0.25, -0.2) is 22.8 Å². The Bertz CT molecular complexity index is 1380. The summed E-state index contributed by atoms with van der Waals surface area (Å²) >= 11 is 0. The first-order valence-electron chi connectivity index (χ1n) is 13.3. The van der Waals surface area contributed by atoms with E-state index in [9.17, 15) is 50.3 Å². The number of allylic oxidation sites excluding steroid dienone is 1. The lowest BCUT2D eigenvalue weighted by Crippen LogP contribution is -2.64. The van der Waals surface area contributed by atoms with E-state index in [1.807, 2.05) is 0 Å². The van der Waals surface area contributed by atoms with E-state index in [0.717, 1.165) is 23.9 Å². The third-order valence-electron chi connectivity index (χ3n) is 7.09. The number of likely N-dealkylation sites (tertiary alicyclic amines) is 1. The third kappa shape index (κ3) is 7.01. The van der Waals surface area contributed by atoms with E-state index in [1.54, 1.807) is 0 Å². The van der Waals surface area contributed by atoms with Gasteiger partial charge in [-0.1, -0.05) is 6.08 Å². The van der Waals surface area contributed by atoms with Crippen LogP contribution >= 0.6 is 0 Å². The Hall–Kier alpha value is -4.05. The number of methoxy groups -OCH3 is 1. The molecule has 44 heavy (non-hydrogen) atoms. The predicted octanol–water partition coefficient (Wildman–Crippen LogP) is 4.34. The van der Waals surface area contributed by atoms with Crippen molar-refractivity contribution in [2.75, 3.05) is 24.3 Å². The Morgan fingerprint density at radius 1 is 1.16 bits per heavy atom. The van der Waals surface area contributed by atoms with Crippen LogP contribution in [-0.2, 0) is 23.9 Å². The van der Waals surface area contributed by atoms with E-state index in [0.29, 0.717) is 0 Å². The molecule has 3 rings (SSSR count). The van der Waals surface area contributed by atoms with E-state index in [1.165, 1.54) is 26.8 Å². The molecule has 11 nitrogen and oxygen atoms in total. The van der Waals surface area contributed by atoms with Crippen molar-refractivity contribution in [3.05, 3.63) is 35.3 Å². The lowest BCUT2D eigenvalue weighted by atomic mass is 9.64. The van der Waals surface area contributed by atoms with E-state index in [4.69, 9.17) is 9.47 Å². The second-order valence-electron chi connectivity index (χ2n) is 11.6. The van der Waals surface area contributed by atoms with Crippen molar-refractivity contribution in [3.63, 3.8) is 0 Å². The first kappa shape index (κ1) is 34.4. The predicted molar refractivity (Wildman–Crippen MR) is 143 cm³/mol. The molecule has 0 bridgehead atoms. The summed E-state index contributed by atoms with van der Waals surface area (Å²) in [5, 5.41) is 4.37. The van der Waals surface area contributed by atoms with Crippen LogP contribution in [0.3, 0.4) is 0 Å². The lowest BCUT2D eigenvalue weighted by Gasteiger charge is -2.48. The number of ether oxygens (including phenoxy) is 2. The molecule has 2 aliphatic rings. The number of hydrogen-bond donors (Lipinski definition) is 2. The zero-order chi connectivity index (χ0) is 33.4. The van der Waals surface area contributed by atoms with Crippen LogP contribution in [0.25, 0.3) is 0 Å². The summed E-state index contributed by atoms with van der Waals surface area (Å²) < 4.78 is 94.1. The summed E-state index contributed by atoms with van der Waals surface area (Å²) in [4.78, 5) is 65.1. The van der Waals surface area contributed by atoms with Crippen molar-refractivity contribution in [2.45, 2.75) is 82.4 Å². The summed E-state index contributed by atoms with van der Waals surface area (Å²) in [5.74, 6) is -7.93. The van der Waals surface area contributed by atoms with Crippen molar-refractivity contribution >= 4 is 35.3 Å². The van der Waals surface area contributed by atoms with Crippen molar-refractivity contribution in [1.82, 2.24) is 9.47 Å². The smallest absolute Gasteiger partial charge is 0.412 e. The van der Waals surface area contributed by atoms with Crippen molar-refractivity contribution in [2.24, 2.45) is 5.41 Å². The molecule has 2 fully saturated rings. The molecular weight excluding hydrogens is 606 g/mol. The summed E-state index contributed by atoms with van der Waals surface area (Å²) in [6.07, 6.45) is -10.8. The van der Waals surface area contributed by atoms with Crippen molar-refractivity contribution in [1.29, 1.82) is 0 Å². The molecule has 3 amide bonds. The maximum Gasteiger partial charge on any atom is 0.412 e. The Labute approximate surface area is 247 Å². The number of nitrogens with zero attached hydrogens (tertiary/aromatic N) is 2. The van der Waals surface area contributed by atoms with Crippen LogP contribution in [0.5, 0.6) is 0 Å². The average Bonchev–Trinajstić information content (AvgIpc) is 3.27. The van der Waals surface area contributed by atoms with Gasteiger partial charge >= 0.3 is 18.2 Å². The monoisotopic (exact) mass is 638 g/mol. The number of halogens is 6. The summed E-state index contributed by atoms with van der Waals surface area (Å²) in [7, 11) is 1.05. The quantitative estimate of drug-likeness (QED) is 0.246. The number of anilines is 2. The highest BCUT2D eigenvalue weighted by Crippen LogP contribution is 2.61. The fourth-order valence-corrected chi connectivity index (χ4v) is 5.09. The SMILES string of the molecule is C=CC[C@@H](C(=O)OC)n1ccc(NC(=O)OC(C)(C)C)c(NC(=O)[C@@H]2C[C@@H](F)CN2C(=O)C2(C(F)(F)F)CC(F)(F)C2)c1=O. The van der Waals surface area contributed by atoms with Crippen LogP contribution in [0.1, 0.15) is 52.5 Å². The topological polar surface area (TPSA) is 136 Å². The standard InChI is InChI=1S/C27H32F6N4O7/c1-6-7-16(21(40)43-5)36-9-8-15(34-23(42)44-24(2,3)4)18(20(36)39)35-19(38)17-10-14(28)11-37(17)22(41)25(27(31,32)33)12-26(29,30)13-25/h6,8-9,14,16-17H,1,7,10-13H2,2-5H3,(H,34,42)(H,35,38)/t14-,16+,17+/m1/s1. The van der Waals surface area contributed by atoms with Crippen molar-refractivity contribution < 1.29 is 55.0 Å². The molecule has 0 spiro atoms. The van der Waals surface area contributed by atoms with E-state index < -0.39 is 102 Å². The van der Waals surface area contributed by atoms with Gasteiger partial charge in [0, 0.05) is 25.5 Å². The van der Waals surface area contributed by atoms with Gasteiger partial charge in [-0.15, -0.1) is 6.58 Å². The van der Waals surface area contributed by atoms with E-state index in [-0.39, 0.29) is 17.0 Å². The fourth-order valence-electron chi connectivity index (χ4n) is 5.09. The molecule has 17 heteroatoms. The molecule has 1 aliphatic carbocycles. The first-order chi connectivity index (χ1) is 20.2. The number of carbonyl (C=O) groups is 4. The summed E-state index contributed by atoms with van der Waals surface area (Å²) in [6.45, 7) is 7.12. The highest BCUT2D eigenvalue weighted by Gasteiger charge is 2.75. The molecule has 0 unspecified atom stereocenters. The van der Waals surface area contributed by atoms with Crippen LogP contribution in [-0.4, -0.2) is 76.9 Å². The van der Waals surface area contributed by atoms with E-state index >= 15 is 0 Å². The number of esters is 1. The zero-order valence-corrected chi connectivity index (χ0v) is 24.2. The maximum absolute atomic E-state index is 14.5. The molecule has 2 heterocycles. The minimum atomic E-state index is -5.42. The minimum Gasteiger partial charge on any atom is -0.467 e. The highest BCUT2D eigenvalue weighted by molar-refractivity contribution is 6.02. The second kappa shape index (κ2) is 12.1. The Kier molecular flexibility index (Phi) is 9.51. The van der Waals surface area contributed by atoms with Gasteiger partial charge in [-0.05, 0) is 33.3 Å². The molecule has 3 atom stereocenters. The number of rotatable bonds is 8. The summed E-state index contributed by atoms with van der Waals surface area (Å²) in [6, 6.07) is -2.15. The number of amides is 3. The molecule has 0 radical (unpaired) electrons. The molecular formula is C27H32F6N4O7. The highest BCUT2D eigenvalue weighted by atomic mass is 19.4. The average molecular weight is 639 g/mol. The molecule has 244 valence electrons. The van der Waals surface area contributed by atoms with Crippen LogP contribution in [0.15, 0.2) is 29.7 Å². The fraction of sp³-hybridized carbons (Fsp3) is 0.593. The zero-order valence-electron chi connectivity index (χ0n) is 24.2. The van der Waals surface area contributed by atoms with Crippen LogP contribution in [0, 0.1) is 5.41 Å². The van der Waals surface area contributed by atoms with Gasteiger partial charge < -0.3 is 19.7 Å². The first-order valence-corrected chi connectivity index (χ1v) is 13.3. The maximum atomic E-state index is 14.5. The van der Waals surface area contributed by atoms with Crippen LogP contribution < -0.4 is 16.2 Å². The third-order valence-corrected chi connectivity index (χ3v) is 7.09. The number of hydrogen-bond acceptors (Lipinski definition) is 7. The molecule has 1 aromatic heterocycles. The number of aromatic nitrogens is 1. The van der Waals surface area contributed by atoms with Crippen LogP contribution in [0.4, 0.5) is 42.5 Å². The largest absolute Gasteiger partial charge is 0.467 e. The minimum absolute atomic E-state index is 0.128. The van der Waals surface area contributed by atoms with Crippen molar-refractivity contribution in [3.8, 4) is 0 Å². The number of alkyl halides is 6. The van der Waals surface area contributed by atoms with Gasteiger partial charge in [-0.3, -0.25) is 24.3 Å². The lowest BCUT2D eigenvalue weighted by molar-refractivity contribution is -0.299. The number of pyridine rings is 1. The summed E-state index contributed by atoms with van der Waals surface area (Å²) in [5.41, 5.74) is -6.73. The Balaban J connectivity index is 2.04. The Morgan fingerprint density at radius 3 is 2.27 bits per heavy atom. The molecule has 0 aromatic carbocycles. The van der Waals surface area contributed by atoms with E-state index in [2.05, 4.69) is 17.2 Å². The van der Waals surface area contributed by atoms with Gasteiger partial charge in [-0.2, -0.15) is 13.2 Å². The molecule has 1 aliphatic heterocycles. The second-order valence-corrected chi connectivity index (χ2v) is 11.6. The molecule has 1 saturated carbocycles. The number of nitrogens with one attached hydrogen (secondary N) is 2. The normalized spacial score (nSPS) is 21.5. The Morgan fingerprint density at radius 2 is 1.77 bits per heavy atom. The number of carbonyl (C=O) groups excluding carboxylic acids is 4. The van der Waals surface area contributed by atoms with Gasteiger partial charge in [0.1, 0.15) is 29.5 Å². The molecule has 2 N–H and O–H groups in total. The van der Waals surface area contributed by atoms with Gasteiger partial charge in [0.2, 0.25) is 11.8 Å². The van der Waals surface area contributed by atoms with Gasteiger partial charge in [0.25, 0.3) is 11.5 Å². The molecule has 1 saturated heterocycles.